The fourth-order valence-electron chi connectivity index (χ4n) is 2.39. The van der Waals surface area contributed by atoms with E-state index in [2.05, 4.69) is 5.32 Å². The number of rotatable bonds is 4. The summed E-state index contributed by atoms with van der Waals surface area (Å²) in [5.74, 6) is -0.537. The van der Waals surface area contributed by atoms with Crippen molar-refractivity contribution in [1.29, 1.82) is 0 Å². The van der Waals surface area contributed by atoms with Crippen LogP contribution in [-0.2, 0) is 12.6 Å². The summed E-state index contributed by atoms with van der Waals surface area (Å²) in [6.07, 6.45) is -4.40. The van der Waals surface area contributed by atoms with Crippen molar-refractivity contribution in [3.8, 4) is 0 Å². The van der Waals surface area contributed by atoms with Crippen molar-refractivity contribution in [2.45, 2.75) is 12.6 Å². The van der Waals surface area contributed by atoms with Crippen molar-refractivity contribution in [3.63, 3.8) is 0 Å². The second-order valence-electron chi connectivity index (χ2n) is 5.34. The number of para-hydroxylation sites is 2. The molecule has 0 bridgehead atoms. The second-order valence-corrected chi connectivity index (χ2v) is 5.34. The predicted molar refractivity (Wildman–Crippen MR) is 82.7 cm³/mol. The van der Waals surface area contributed by atoms with Crippen LogP contribution in [0.4, 0.5) is 13.2 Å². The summed E-state index contributed by atoms with van der Waals surface area (Å²) in [6.45, 7) is 0.0527. The molecule has 0 aliphatic carbocycles. The molecule has 2 aromatic carbocycles. The van der Waals surface area contributed by atoms with Gasteiger partial charge in [-0.15, -0.1) is 4.73 Å². The number of benzene rings is 2. The number of hydrogen-bond acceptors (Lipinski definition) is 3. The Morgan fingerprint density at radius 1 is 1.16 bits per heavy atom. The maximum absolute atomic E-state index is 12.7. The van der Waals surface area contributed by atoms with Gasteiger partial charge in [0.05, 0.1) is 12.0 Å². The van der Waals surface area contributed by atoms with Crippen molar-refractivity contribution in [2.24, 2.45) is 0 Å². The molecule has 1 aromatic heterocycles. The molecule has 8 heteroatoms. The number of carbonyl (C=O) groups excluding carboxylic acids is 1. The first-order valence-electron chi connectivity index (χ1n) is 7.41. The van der Waals surface area contributed by atoms with Crippen LogP contribution in [0.1, 0.15) is 21.8 Å². The lowest BCUT2D eigenvalue weighted by Gasteiger charge is -2.08. The summed E-state index contributed by atoms with van der Waals surface area (Å²) in [6, 6.07) is 10.8. The molecule has 130 valence electrons. The van der Waals surface area contributed by atoms with Crippen LogP contribution in [0, 0.1) is 5.21 Å². The zero-order valence-electron chi connectivity index (χ0n) is 12.8. The van der Waals surface area contributed by atoms with Gasteiger partial charge in [-0.3, -0.25) is 4.79 Å². The fraction of sp³-hybridized carbons (Fsp3) is 0.176. The van der Waals surface area contributed by atoms with Crippen LogP contribution in [-0.4, -0.2) is 12.5 Å². The predicted octanol–water partition coefficient (Wildman–Crippen LogP) is 3.06. The number of halogens is 3. The van der Waals surface area contributed by atoms with Gasteiger partial charge in [0.25, 0.3) is 11.4 Å². The average molecular weight is 350 g/mol. The van der Waals surface area contributed by atoms with Gasteiger partial charge in [0, 0.05) is 18.2 Å². The smallest absolute Gasteiger partial charge is 0.416 e. The van der Waals surface area contributed by atoms with E-state index in [1.807, 2.05) is 0 Å². The number of aromatic nitrogens is 1. The van der Waals surface area contributed by atoms with E-state index in [0.29, 0.717) is 15.8 Å². The molecule has 0 fully saturated rings. The molecule has 0 aliphatic heterocycles. The van der Waals surface area contributed by atoms with Crippen LogP contribution in [0.3, 0.4) is 0 Å². The highest BCUT2D eigenvalue weighted by Gasteiger charge is 2.30. The summed E-state index contributed by atoms with van der Waals surface area (Å²) in [7, 11) is 0. The van der Waals surface area contributed by atoms with Gasteiger partial charge in [0.2, 0.25) is 5.58 Å². The third-order valence-corrected chi connectivity index (χ3v) is 3.61. The van der Waals surface area contributed by atoms with Crippen LogP contribution in [0.2, 0.25) is 0 Å². The van der Waals surface area contributed by atoms with E-state index in [0.717, 1.165) is 12.1 Å². The van der Waals surface area contributed by atoms with E-state index in [4.69, 9.17) is 4.42 Å². The summed E-state index contributed by atoms with van der Waals surface area (Å²) < 4.78 is 44.0. The van der Waals surface area contributed by atoms with Crippen molar-refractivity contribution < 1.29 is 27.1 Å². The topological polar surface area (TPSA) is 69.2 Å². The van der Waals surface area contributed by atoms with Crippen LogP contribution in [0.25, 0.3) is 11.1 Å². The third kappa shape index (κ3) is 3.57. The summed E-state index contributed by atoms with van der Waals surface area (Å²) >= 11 is 0. The monoisotopic (exact) mass is 350 g/mol. The minimum Gasteiger partial charge on any atom is -0.616 e. The Balaban J connectivity index is 1.65. The Morgan fingerprint density at radius 2 is 1.92 bits per heavy atom. The van der Waals surface area contributed by atoms with Gasteiger partial charge in [0.15, 0.2) is 0 Å². The van der Waals surface area contributed by atoms with E-state index in [-0.39, 0.29) is 24.4 Å². The Labute approximate surface area is 140 Å². The standard InChI is InChI=1S/C17H13F3N2O3/c18-17(19,20)12-5-3-4-11(10-12)16(23)21-9-8-15-22(24)13-6-1-2-7-14(13)25-15/h1-7,10H,8-9H2,(H,21,23). The normalized spacial score (nSPS) is 11.6. The molecule has 0 radical (unpaired) electrons. The SMILES string of the molecule is O=C(NCCc1oc2ccccc2[n+]1[O-])c1cccc(C(F)(F)F)c1. The Morgan fingerprint density at radius 3 is 2.64 bits per heavy atom. The van der Waals surface area contributed by atoms with Crippen LogP contribution in [0.5, 0.6) is 0 Å². The van der Waals surface area contributed by atoms with Gasteiger partial charge in [-0.25, -0.2) is 0 Å². The molecule has 0 aliphatic rings. The Bertz CT molecular complexity index is 919. The Hall–Kier alpha value is -3.03. The van der Waals surface area contributed by atoms with Crippen LogP contribution in [0.15, 0.2) is 52.9 Å². The van der Waals surface area contributed by atoms with Crippen molar-refractivity contribution in [2.75, 3.05) is 6.54 Å². The van der Waals surface area contributed by atoms with Crippen molar-refractivity contribution >= 4 is 17.0 Å². The molecule has 0 saturated heterocycles. The van der Waals surface area contributed by atoms with Gasteiger partial charge in [-0.05, 0) is 24.3 Å². The summed E-state index contributed by atoms with van der Waals surface area (Å²) in [5, 5.41) is 14.5. The molecule has 0 spiro atoms. The zero-order valence-corrected chi connectivity index (χ0v) is 12.8. The highest BCUT2D eigenvalue weighted by Crippen LogP contribution is 2.29. The van der Waals surface area contributed by atoms with E-state index < -0.39 is 17.6 Å². The lowest BCUT2D eigenvalue weighted by Crippen LogP contribution is -2.33. The maximum Gasteiger partial charge on any atom is 0.416 e. The number of amides is 1. The third-order valence-electron chi connectivity index (χ3n) is 3.61. The van der Waals surface area contributed by atoms with E-state index >= 15 is 0 Å². The number of hydrogen-bond donors (Lipinski definition) is 1. The number of oxazole rings is 1. The van der Waals surface area contributed by atoms with Crippen LogP contribution >= 0.6 is 0 Å². The molecular formula is C17H13F3N2O3. The maximum atomic E-state index is 12.7. The molecule has 3 aromatic rings. The number of carbonyl (C=O) groups is 1. The quantitative estimate of drug-likeness (QED) is 0.581. The fourth-order valence-corrected chi connectivity index (χ4v) is 2.39. The van der Waals surface area contributed by atoms with Gasteiger partial charge in [-0.2, -0.15) is 13.2 Å². The second kappa shape index (κ2) is 6.46. The molecule has 0 saturated carbocycles. The van der Waals surface area contributed by atoms with Gasteiger partial charge >= 0.3 is 12.1 Å². The zero-order chi connectivity index (χ0) is 18.0. The first-order chi connectivity index (χ1) is 11.9. The highest BCUT2D eigenvalue weighted by molar-refractivity contribution is 5.94. The van der Waals surface area contributed by atoms with Gasteiger partial charge in [-0.1, -0.05) is 18.2 Å². The number of nitrogens with zero attached hydrogens (tertiary/aromatic N) is 1. The van der Waals surface area contributed by atoms with E-state index in [1.165, 1.54) is 12.1 Å². The number of fused-ring (bicyclic) bond motifs is 1. The molecule has 0 atom stereocenters. The molecule has 5 nitrogen and oxygen atoms in total. The van der Waals surface area contributed by atoms with Gasteiger partial charge in [0.1, 0.15) is 0 Å². The molecule has 25 heavy (non-hydrogen) atoms. The first-order valence-corrected chi connectivity index (χ1v) is 7.41. The molecule has 3 rings (SSSR count). The largest absolute Gasteiger partial charge is 0.616 e. The van der Waals surface area contributed by atoms with E-state index in [1.54, 1.807) is 24.3 Å². The number of nitrogens with one attached hydrogen (secondary N) is 1. The number of alkyl halides is 3. The molecule has 1 N–H and O–H groups in total. The molecule has 0 unspecified atom stereocenters. The average Bonchev–Trinajstić information content (AvgIpc) is 2.91. The lowest BCUT2D eigenvalue weighted by atomic mass is 10.1. The lowest BCUT2D eigenvalue weighted by molar-refractivity contribution is -0.592. The highest BCUT2D eigenvalue weighted by atomic mass is 19.4. The summed E-state index contributed by atoms with van der Waals surface area (Å²) in [5.41, 5.74) is -0.192. The van der Waals surface area contributed by atoms with Crippen molar-refractivity contribution in [3.05, 3.63) is 70.8 Å². The first kappa shape index (κ1) is 16.8. The molecule has 1 heterocycles. The minimum absolute atomic E-state index is 0.0527. The van der Waals surface area contributed by atoms with E-state index in [9.17, 15) is 23.2 Å². The van der Waals surface area contributed by atoms with Crippen molar-refractivity contribution in [1.82, 2.24) is 5.32 Å². The molecular weight excluding hydrogens is 337 g/mol. The summed E-state index contributed by atoms with van der Waals surface area (Å²) in [4.78, 5) is 12.0. The molecule has 1 amide bonds. The Kier molecular flexibility index (Phi) is 4.35. The minimum atomic E-state index is -4.52. The van der Waals surface area contributed by atoms with Gasteiger partial charge < -0.3 is 14.9 Å². The van der Waals surface area contributed by atoms with Crippen LogP contribution < -0.4 is 10.0 Å².